The van der Waals surface area contributed by atoms with Crippen molar-refractivity contribution in [2.75, 3.05) is 0 Å². The third-order valence-corrected chi connectivity index (χ3v) is 4.16. The van der Waals surface area contributed by atoms with Gasteiger partial charge in [-0.15, -0.1) is 0 Å². The van der Waals surface area contributed by atoms with Crippen LogP contribution in [0.4, 0.5) is 0 Å². The monoisotopic (exact) mass is 315 g/mol. The molecule has 0 aliphatic heterocycles. The summed E-state index contributed by atoms with van der Waals surface area (Å²) in [4.78, 5) is 27.0. The van der Waals surface area contributed by atoms with E-state index < -0.39 is 0 Å². The second-order valence-corrected chi connectivity index (χ2v) is 6.11. The molecule has 1 amide bonds. The summed E-state index contributed by atoms with van der Waals surface area (Å²) < 4.78 is 5.18. The summed E-state index contributed by atoms with van der Waals surface area (Å²) in [6.45, 7) is 4.04. The van der Waals surface area contributed by atoms with Gasteiger partial charge in [-0.05, 0) is 26.7 Å². The third kappa shape index (κ3) is 3.38. The summed E-state index contributed by atoms with van der Waals surface area (Å²) in [5.74, 6) is 0.105. The molecule has 7 nitrogen and oxygen atoms in total. The zero-order chi connectivity index (χ0) is 16.2. The lowest BCUT2D eigenvalue weighted by Gasteiger charge is -2.36. The highest BCUT2D eigenvalue weighted by Crippen LogP contribution is 2.26. The Balaban J connectivity index is 1.82. The number of hydrogen-bond acceptors (Lipinski definition) is 6. The van der Waals surface area contributed by atoms with Crippen molar-refractivity contribution in [2.24, 2.45) is 0 Å². The van der Waals surface area contributed by atoms with E-state index in [0.29, 0.717) is 5.69 Å². The molecule has 0 saturated heterocycles. The summed E-state index contributed by atoms with van der Waals surface area (Å²) >= 11 is 0. The summed E-state index contributed by atoms with van der Waals surface area (Å²) in [6.07, 6.45) is 10.3. The lowest BCUT2D eigenvalue weighted by Crippen LogP contribution is -2.45. The van der Waals surface area contributed by atoms with Gasteiger partial charge in [-0.3, -0.25) is 9.78 Å². The number of carbonyl (C=O) groups is 1. The highest BCUT2D eigenvalue weighted by atomic mass is 16.5. The van der Waals surface area contributed by atoms with Gasteiger partial charge in [0.2, 0.25) is 5.82 Å². The van der Waals surface area contributed by atoms with Gasteiger partial charge in [0.1, 0.15) is 5.69 Å². The van der Waals surface area contributed by atoms with Crippen molar-refractivity contribution in [3.8, 4) is 11.5 Å². The van der Waals surface area contributed by atoms with E-state index in [1.165, 1.54) is 6.42 Å². The van der Waals surface area contributed by atoms with Gasteiger partial charge in [0.25, 0.3) is 0 Å². The normalized spacial score (nSPS) is 15.8. The number of amides is 1. The molecule has 2 heterocycles. The van der Waals surface area contributed by atoms with E-state index in [0.717, 1.165) is 25.7 Å². The zero-order valence-electron chi connectivity index (χ0n) is 13.5. The van der Waals surface area contributed by atoms with E-state index in [2.05, 4.69) is 20.1 Å². The molecule has 1 saturated carbocycles. The Labute approximate surface area is 135 Å². The molecule has 7 heteroatoms. The number of hydrogen-bond donors (Lipinski definition) is 0. The molecule has 122 valence electrons. The SMILES string of the molecule is CC(C)N(C(=O)c1nc(-c2cnccn2)no1)C1CCCCC1. The van der Waals surface area contributed by atoms with Crippen molar-refractivity contribution in [3.05, 3.63) is 24.5 Å². The van der Waals surface area contributed by atoms with E-state index in [4.69, 9.17) is 4.52 Å². The quantitative estimate of drug-likeness (QED) is 0.862. The van der Waals surface area contributed by atoms with Crippen LogP contribution in [0.2, 0.25) is 0 Å². The van der Waals surface area contributed by atoms with Crippen LogP contribution in [0.3, 0.4) is 0 Å². The van der Waals surface area contributed by atoms with Crippen LogP contribution in [0.25, 0.3) is 11.5 Å². The van der Waals surface area contributed by atoms with E-state index in [9.17, 15) is 4.79 Å². The Hall–Kier alpha value is -2.31. The fourth-order valence-electron chi connectivity index (χ4n) is 3.12. The van der Waals surface area contributed by atoms with E-state index in [1.807, 2.05) is 18.7 Å². The molecule has 0 unspecified atom stereocenters. The van der Waals surface area contributed by atoms with Gasteiger partial charge in [0, 0.05) is 24.5 Å². The van der Waals surface area contributed by atoms with E-state index in [1.54, 1.807) is 18.6 Å². The van der Waals surface area contributed by atoms with Gasteiger partial charge in [-0.2, -0.15) is 4.98 Å². The first-order valence-corrected chi connectivity index (χ1v) is 8.09. The minimum Gasteiger partial charge on any atom is -0.329 e. The molecule has 0 spiro atoms. The predicted molar refractivity (Wildman–Crippen MR) is 83.5 cm³/mol. The lowest BCUT2D eigenvalue weighted by molar-refractivity contribution is 0.0505. The molecule has 1 aliphatic rings. The van der Waals surface area contributed by atoms with Crippen LogP contribution in [-0.2, 0) is 0 Å². The average Bonchev–Trinajstić information content (AvgIpc) is 3.06. The fourth-order valence-corrected chi connectivity index (χ4v) is 3.12. The van der Waals surface area contributed by atoms with Gasteiger partial charge in [-0.1, -0.05) is 24.4 Å². The first-order chi connectivity index (χ1) is 11.2. The minimum atomic E-state index is -0.199. The second-order valence-electron chi connectivity index (χ2n) is 6.11. The Morgan fingerprint density at radius 3 is 2.70 bits per heavy atom. The molecule has 2 aromatic rings. The standard InChI is InChI=1S/C16H21N5O2/c1-11(2)21(12-6-4-3-5-7-12)16(22)15-19-14(20-23-15)13-10-17-8-9-18-13/h8-12H,3-7H2,1-2H3. The second kappa shape index (κ2) is 6.85. The molecular weight excluding hydrogens is 294 g/mol. The van der Waals surface area contributed by atoms with Crippen LogP contribution in [0.1, 0.15) is 56.6 Å². The molecule has 2 aromatic heterocycles. The van der Waals surface area contributed by atoms with Gasteiger partial charge < -0.3 is 9.42 Å². The van der Waals surface area contributed by atoms with Crippen molar-refractivity contribution < 1.29 is 9.32 Å². The van der Waals surface area contributed by atoms with Crippen LogP contribution < -0.4 is 0 Å². The van der Waals surface area contributed by atoms with E-state index >= 15 is 0 Å². The summed E-state index contributed by atoms with van der Waals surface area (Å²) in [5.41, 5.74) is 0.490. The molecule has 3 rings (SSSR count). The van der Waals surface area contributed by atoms with Crippen LogP contribution in [0, 0.1) is 0 Å². The van der Waals surface area contributed by atoms with Gasteiger partial charge in [0.15, 0.2) is 0 Å². The molecule has 0 radical (unpaired) electrons. The minimum absolute atomic E-state index is 0.0185. The topological polar surface area (TPSA) is 85.0 Å². The largest absolute Gasteiger partial charge is 0.329 e. The first-order valence-electron chi connectivity index (χ1n) is 8.09. The van der Waals surface area contributed by atoms with Gasteiger partial charge >= 0.3 is 11.8 Å². The molecule has 0 N–H and O–H groups in total. The summed E-state index contributed by atoms with van der Waals surface area (Å²) in [6, 6.07) is 0.348. The van der Waals surface area contributed by atoms with Crippen molar-refractivity contribution in [2.45, 2.75) is 58.0 Å². The molecule has 0 aromatic carbocycles. The molecule has 0 bridgehead atoms. The lowest BCUT2D eigenvalue weighted by atomic mass is 9.93. The smallest absolute Gasteiger partial charge is 0.316 e. The van der Waals surface area contributed by atoms with Crippen molar-refractivity contribution in [1.29, 1.82) is 0 Å². The molecule has 23 heavy (non-hydrogen) atoms. The highest BCUT2D eigenvalue weighted by Gasteiger charge is 2.31. The van der Waals surface area contributed by atoms with Crippen LogP contribution >= 0.6 is 0 Å². The number of carbonyl (C=O) groups excluding carboxylic acids is 1. The molecule has 1 aliphatic carbocycles. The molecule has 1 fully saturated rings. The number of rotatable bonds is 4. The third-order valence-electron chi connectivity index (χ3n) is 4.16. The maximum atomic E-state index is 12.8. The van der Waals surface area contributed by atoms with Crippen molar-refractivity contribution in [1.82, 2.24) is 25.0 Å². The molecular formula is C16H21N5O2. The zero-order valence-corrected chi connectivity index (χ0v) is 13.5. The van der Waals surface area contributed by atoms with Crippen LogP contribution in [0.5, 0.6) is 0 Å². The average molecular weight is 315 g/mol. The predicted octanol–water partition coefficient (Wildman–Crippen LogP) is 2.71. The Morgan fingerprint density at radius 2 is 2.04 bits per heavy atom. The maximum absolute atomic E-state index is 12.8. The highest BCUT2D eigenvalue weighted by molar-refractivity contribution is 5.90. The van der Waals surface area contributed by atoms with Crippen LogP contribution in [0.15, 0.2) is 23.1 Å². The number of nitrogens with zero attached hydrogens (tertiary/aromatic N) is 5. The maximum Gasteiger partial charge on any atom is 0.316 e. The fraction of sp³-hybridized carbons (Fsp3) is 0.562. The molecule has 0 atom stereocenters. The first kappa shape index (κ1) is 15.6. The van der Waals surface area contributed by atoms with Crippen molar-refractivity contribution >= 4 is 5.91 Å². The van der Waals surface area contributed by atoms with E-state index in [-0.39, 0.29) is 29.7 Å². The summed E-state index contributed by atoms with van der Waals surface area (Å²) in [5, 5.41) is 3.86. The van der Waals surface area contributed by atoms with Crippen molar-refractivity contribution in [3.63, 3.8) is 0 Å². The van der Waals surface area contributed by atoms with Crippen LogP contribution in [-0.4, -0.2) is 43.0 Å². The van der Waals surface area contributed by atoms with Gasteiger partial charge in [-0.25, -0.2) is 4.98 Å². The Bertz CT molecular complexity index is 650. The summed E-state index contributed by atoms with van der Waals surface area (Å²) in [7, 11) is 0. The van der Waals surface area contributed by atoms with Gasteiger partial charge in [0.05, 0.1) is 6.20 Å². The number of aromatic nitrogens is 4. The Morgan fingerprint density at radius 1 is 1.26 bits per heavy atom. The Kier molecular flexibility index (Phi) is 4.64.